The van der Waals surface area contributed by atoms with Gasteiger partial charge in [-0.15, -0.1) is 0 Å². The van der Waals surface area contributed by atoms with Crippen LogP contribution < -0.4 is 0 Å². The standard InChI is InChI=1S/C6H8AsN/c7-6-3-1-2-5(6)4-8/h1-3,7H2. The second kappa shape index (κ2) is 2.37. The van der Waals surface area contributed by atoms with Crippen LogP contribution in [0, 0.1) is 11.3 Å². The van der Waals surface area contributed by atoms with Crippen molar-refractivity contribution in [1.82, 2.24) is 0 Å². The molecule has 0 bridgehead atoms. The molecule has 1 unspecified atom stereocenters. The summed E-state index contributed by atoms with van der Waals surface area (Å²) in [5.41, 5.74) is 1.05. The third-order valence-corrected chi connectivity index (χ3v) is 2.73. The molecule has 1 nitrogen and oxygen atoms in total. The number of nitriles is 1. The fraction of sp³-hybridized carbons (Fsp3) is 0.500. The molecule has 0 aromatic heterocycles. The molecule has 0 aromatic carbocycles. The molecule has 0 heterocycles. The van der Waals surface area contributed by atoms with E-state index in [0.29, 0.717) is 0 Å². The normalized spacial score (nSPS) is 19.0. The Labute approximate surface area is 57.9 Å². The first-order chi connectivity index (χ1) is 3.84. The Hall–Kier alpha value is -0.212. The Morgan fingerprint density at radius 1 is 1.50 bits per heavy atom. The van der Waals surface area contributed by atoms with E-state index in [1.165, 1.54) is 17.2 Å². The summed E-state index contributed by atoms with van der Waals surface area (Å²) in [6.07, 6.45) is 3.41. The first kappa shape index (κ1) is 5.92. The summed E-state index contributed by atoms with van der Waals surface area (Å²) >= 11 is 1.62. The van der Waals surface area contributed by atoms with Gasteiger partial charge in [0, 0.05) is 0 Å². The molecule has 8 heavy (non-hydrogen) atoms. The summed E-state index contributed by atoms with van der Waals surface area (Å²) < 4.78 is 1.36. The van der Waals surface area contributed by atoms with E-state index in [9.17, 15) is 0 Å². The van der Waals surface area contributed by atoms with Gasteiger partial charge < -0.3 is 0 Å². The van der Waals surface area contributed by atoms with E-state index < -0.39 is 0 Å². The Morgan fingerprint density at radius 3 is 2.50 bits per heavy atom. The van der Waals surface area contributed by atoms with E-state index in [0.717, 1.165) is 12.0 Å². The minimum absolute atomic E-state index is 1.03. The monoisotopic (exact) mass is 169 g/mol. The third-order valence-electron chi connectivity index (χ3n) is 1.40. The minimum atomic E-state index is 1.03. The molecule has 1 rings (SSSR count). The van der Waals surface area contributed by atoms with Crippen LogP contribution in [0.25, 0.3) is 0 Å². The van der Waals surface area contributed by atoms with Crippen LogP contribution in [0.2, 0.25) is 0 Å². The molecule has 0 amide bonds. The van der Waals surface area contributed by atoms with Crippen molar-refractivity contribution in [2.75, 3.05) is 0 Å². The third kappa shape index (κ3) is 0.955. The van der Waals surface area contributed by atoms with Crippen molar-refractivity contribution in [2.24, 2.45) is 0 Å². The number of allylic oxidation sites excluding steroid dienone is 2. The fourth-order valence-electron chi connectivity index (χ4n) is 0.895. The average molecular weight is 169 g/mol. The van der Waals surface area contributed by atoms with Crippen LogP contribution in [0.15, 0.2) is 9.93 Å². The van der Waals surface area contributed by atoms with Crippen LogP contribution in [0.4, 0.5) is 0 Å². The Morgan fingerprint density at radius 2 is 2.25 bits per heavy atom. The summed E-state index contributed by atoms with van der Waals surface area (Å²) in [4.78, 5) is 0. The molecule has 0 fully saturated rings. The van der Waals surface area contributed by atoms with Crippen molar-refractivity contribution in [3.05, 3.63) is 9.93 Å². The molecule has 42 valence electrons. The summed E-state index contributed by atoms with van der Waals surface area (Å²) in [6, 6.07) is 2.21. The van der Waals surface area contributed by atoms with Crippen LogP contribution in [0.5, 0.6) is 0 Å². The van der Waals surface area contributed by atoms with Crippen molar-refractivity contribution >= 4 is 16.9 Å². The molecule has 0 N–H and O–H groups in total. The predicted molar refractivity (Wildman–Crippen MR) is 35.0 cm³/mol. The molecule has 1 atom stereocenters. The number of rotatable bonds is 0. The summed E-state index contributed by atoms with van der Waals surface area (Å²) in [5, 5.41) is 8.44. The van der Waals surface area contributed by atoms with Gasteiger partial charge in [-0.25, -0.2) is 0 Å². The van der Waals surface area contributed by atoms with Crippen molar-refractivity contribution in [1.29, 1.82) is 5.26 Å². The summed E-state index contributed by atoms with van der Waals surface area (Å²) in [5.74, 6) is 0. The molecule has 1 aliphatic carbocycles. The van der Waals surface area contributed by atoms with Gasteiger partial charge in [0.05, 0.1) is 0 Å². The second-order valence-corrected chi connectivity index (χ2v) is 3.43. The summed E-state index contributed by atoms with van der Waals surface area (Å²) in [7, 11) is 0. The van der Waals surface area contributed by atoms with Gasteiger partial charge in [0.2, 0.25) is 0 Å². The molecule has 0 radical (unpaired) electrons. The quantitative estimate of drug-likeness (QED) is 0.486. The maximum atomic E-state index is 8.44. The van der Waals surface area contributed by atoms with Gasteiger partial charge in [0.25, 0.3) is 0 Å². The number of hydrogen-bond donors (Lipinski definition) is 0. The van der Waals surface area contributed by atoms with Gasteiger partial charge in [0.15, 0.2) is 0 Å². The molecular formula is C6H8AsN. The van der Waals surface area contributed by atoms with Crippen LogP contribution in [-0.2, 0) is 0 Å². The van der Waals surface area contributed by atoms with E-state index in [1.807, 2.05) is 0 Å². The molecule has 0 spiro atoms. The number of nitrogens with zero attached hydrogens (tertiary/aromatic N) is 1. The van der Waals surface area contributed by atoms with Gasteiger partial charge in [-0.3, -0.25) is 0 Å². The van der Waals surface area contributed by atoms with E-state index in [1.54, 1.807) is 16.9 Å². The van der Waals surface area contributed by atoms with Crippen LogP contribution in [-0.4, -0.2) is 16.9 Å². The average Bonchev–Trinajstić information content (AvgIpc) is 2.14. The van der Waals surface area contributed by atoms with E-state index in [4.69, 9.17) is 5.26 Å². The summed E-state index contributed by atoms with van der Waals surface area (Å²) in [6.45, 7) is 0. The molecule has 0 aromatic rings. The zero-order valence-corrected chi connectivity index (χ0v) is 7.07. The number of hydrogen-bond acceptors (Lipinski definition) is 1. The van der Waals surface area contributed by atoms with Gasteiger partial charge in [-0.1, -0.05) is 0 Å². The first-order valence-corrected chi connectivity index (χ1v) is 3.93. The zero-order chi connectivity index (χ0) is 5.98. The van der Waals surface area contributed by atoms with Crippen molar-refractivity contribution in [3.8, 4) is 6.07 Å². The zero-order valence-electron chi connectivity index (χ0n) is 4.65. The van der Waals surface area contributed by atoms with E-state index in [-0.39, 0.29) is 0 Å². The topological polar surface area (TPSA) is 23.8 Å². The Balaban J connectivity index is 2.77. The maximum absolute atomic E-state index is 8.44. The molecule has 0 saturated heterocycles. The van der Waals surface area contributed by atoms with Crippen molar-refractivity contribution < 1.29 is 0 Å². The predicted octanol–water partition coefficient (Wildman–Crippen LogP) is 0.581. The fourth-order valence-corrected chi connectivity index (χ4v) is 1.76. The van der Waals surface area contributed by atoms with Crippen LogP contribution in [0.3, 0.4) is 0 Å². The molecule has 2 heteroatoms. The Kier molecular flexibility index (Phi) is 1.76. The second-order valence-electron chi connectivity index (χ2n) is 1.97. The molecule has 1 aliphatic rings. The van der Waals surface area contributed by atoms with Gasteiger partial charge in [0.1, 0.15) is 0 Å². The molecule has 0 aliphatic heterocycles. The van der Waals surface area contributed by atoms with Gasteiger partial charge in [-0.05, 0) is 0 Å². The SMILES string of the molecule is N#CC1=C([AsH2])CCC1. The van der Waals surface area contributed by atoms with E-state index in [2.05, 4.69) is 6.07 Å². The van der Waals surface area contributed by atoms with Crippen molar-refractivity contribution in [3.63, 3.8) is 0 Å². The molecule has 0 saturated carbocycles. The van der Waals surface area contributed by atoms with Gasteiger partial charge >= 0.3 is 57.4 Å². The first-order valence-electron chi connectivity index (χ1n) is 2.72. The van der Waals surface area contributed by atoms with Crippen LogP contribution >= 0.6 is 0 Å². The van der Waals surface area contributed by atoms with Crippen LogP contribution in [0.1, 0.15) is 19.3 Å². The van der Waals surface area contributed by atoms with Crippen molar-refractivity contribution in [2.45, 2.75) is 19.3 Å². The Bertz CT molecular complexity index is 164. The van der Waals surface area contributed by atoms with E-state index >= 15 is 0 Å². The van der Waals surface area contributed by atoms with Gasteiger partial charge in [-0.2, -0.15) is 0 Å². The molecular weight excluding hydrogens is 161 g/mol.